The number of benzene rings is 2. The standard InChI is InChI=1S/C17H22N2O4S2/c1-13-9-10-16(14(2)11-13)24(20,21)18-12-15-7-5-6-8-17(15)25(22,23)19(3)4/h5-11,18H,12H2,1-4H3. The maximum Gasteiger partial charge on any atom is 0.242 e. The SMILES string of the molecule is Cc1ccc(S(=O)(=O)NCc2ccccc2S(=O)(=O)N(C)C)c(C)c1. The molecule has 0 unspecified atom stereocenters. The van der Waals surface area contributed by atoms with E-state index in [9.17, 15) is 16.8 Å². The minimum Gasteiger partial charge on any atom is -0.207 e. The van der Waals surface area contributed by atoms with Crippen LogP contribution in [-0.2, 0) is 26.6 Å². The summed E-state index contributed by atoms with van der Waals surface area (Å²) < 4.78 is 53.5. The van der Waals surface area contributed by atoms with Crippen LogP contribution in [0.2, 0.25) is 0 Å². The van der Waals surface area contributed by atoms with Gasteiger partial charge < -0.3 is 0 Å². The first kappa shape index (κ1) is 19.6. The average molecular weight is 383 g/mol. The van der Waals surface area contributed by atoms with Crippen molar-refractivity contribution in [3.63, 3.8) is 0 Å². The average Bonchev–Trinajstić information content (AvgIpc) is 2.52. The minimum absolute atomic E-state index is 0.0864. The second kappa shape index (κ2) is 7.25. The fourth-order valence-corrected chi connectivity index (χ4v) is 4.80. The van der Waals surface area contributed by atoms with E-state index in [1.807, 2.05) is 6.92 Å². The maximum atomic E-state index is 12.6. The van der Waals surface area contributed by atoms with E-state index in [1.165, 1.54) is 20.2 Å². The summed E-state index contributed by atoms with van der Waals surface area (Å²) in [6.45, 7) is 3.50. The van der Waals surface area contributed by atoms with E-state index in [-0.39, 0.29) is 16.3 Å². The normalized spacial score (nSPS) is 12.5. The van der Waals surface area contributed by atoms with E-state index < -0.39 is 20.0 Å². The second-order valence-corrected chi connectivity index (χ2v) is 9.84. The molecular weight excluding hydrogens is 360 g/mol. The van der Waals surface area contributed by atoms with Gasteiger partial charge in [0, 0.05) is 20.6 Å². The van der Waals surface area contributed by atoms with Crippen LogP contribution in [0, 0.1) is 13.8 Å². The molecule has 0 saturated carbocycles. The van der Waals surface area contributed by atoms with Crippen LogP contribution in [0.5, 0.6) is 0 Å². The predicted molar refractivity (Wildman–Crippen MR) is 97.3 cm³/mol. The summed E-state index contributed by atoms with van der Waals surface area (Å²) in [4.78, 5) is 0.273. The molecule has 0 spiro atoms. The Bertz CT molecular complexity index is 981. The van der Waals surface area contributed by atoms with Crippen molar-refractivity contribution >= 4 is 20.0 Å². The van der Waals surface area contributed by atoms with E-state index in [1.54, 1.807) is 43.3 Å². The highest BCUT2D eigenvalue weighted by atomic mass is 32.2. The van der Waals surface area contributed by atoms with E-state index in [4.69, 9.17) is 0 Å². The Morgan fingerprint density at radius 2 is 1.56 bits per heavy atom. The van der Waals surface area contributed by atoms with Crippen molar-refractivity contribution in [3.8, 4) is 0 Å². The van der Waals surface area contributed by atoms with Crippen molar-refractivity contribution in [3.05, 3.63) is 59.2 Å². The number of nitrogens with one attached hydrogen (secondary N) is 1. The number of sulfonamides is 2. The van der Waals surface area contributed by atoms with Gasteiger partial charge in [0.25, 0.3) is 0 Å². The summed E-state index contributed by atoms with van der Waals surface area (Å²) in [5, 5.41) is 0. The van der Waals surface area contributed by atoms with Gasteiger partial charge in [0.2, 0.25) is 20.0 Å². The molecule has 0 amide bonds. The molecular formula is C17H22N2O4S2. The lowest BCUT2D eigenvalue weighted by Crippen LogP contribution is -2.27. The Morgan fingerprint density at radius 3 is 2.16 bits per heavy atom. The fraction of sp³-hybridized carbons (Fsp3) is 0.294. The molecule has 2 rings (SSSR count). The maximum absolute atomic E-state index is 12.6. The molecule has 1 N–H and O–H groups in total. The summed E-state index contributed by atoms with van der Waals surface area (Å²) in [7, 11) is -4.53. The van der Waals surface area contributed by atoms with Gasteiger partial charge in [-0.1, -0.05) is 35.9 Å². The molecule has 0 aromatic heterocycles. The fourth-order valence-electron chi connectivity index (χ4n) is 2.45. The molecule has 6 nitrogen and oxygen atoms in total. The largest absolute Gasteiger partial charge is 0.242 e. The van der Waals surface area contributed by atoms with Crippen molar-refractivity contribution in [1.29, 1.82) is 0 Å². The van der Waals surface area contributed by atoms with Crippen LogP contribution >= 0.6 is 0 Å². The molecule has 0 aliphatic heterocycles. The molecule has 8 heteroatoms. The summed E-state index contributed by atoms with van der Waals surface area (Å²) in [6, 6.07) is 11.4. The lowest BCUT2D eigenvalue weighted by molar-refractivity contribution is 0.519. The van der Waals surface area contributed by atoms with Gasteiger partial charge in [0.15, 0.2) is 0 Å². The number of rotatable bonds is 6. The van der Waals surface area contributed by atoms with Crippen molar-refractivity contribution in [2.75, 3.05) is 14.1 Å². The molecule has 0 saturated heterocycles. The molecule has 2 aromatic rings. The molecule has 0 fully saturated rings. The zero-order valence-corrected chi connectivity index (χ0v) is 16.3. The minimum atomic E-state index is -3.75. The summed E-state index contributed by atoms with van der Waals surface area (Å²) in [6.07, 6.45) is 0. The topological polar surface area (TPSA) is 83.5 Å². The van der Waals surface area contributed by atoms with Gasteiger partial charge in [-0.05, 0) is 37.1 Å². The lowest BCUT2D eigenvalue weighted by atomic mass is 10.2. The summed E-state index contributed by atoms with van der Waals surface area (Å²) in [5.74, 6) is 0. The molecule has 0 radical (unpaired) electrons. The van der Waals surface area contributed by atoms with Crippen LogP contribution in [0.1, 0.15) is 16.7 Å². The third-order valence-electron chi connectivity index (χ3n) is 3.80. The van der Waals surface area contributed by atoms with Crippen LogP contribution in [0.15, 0.2) is 52.3 Å². The van der Waals surface area contributed by atoms with E-state index >= 15 is 0 Å². The summed E-state index contributed by atoms with van der Waals surface area (Å²) in [5.41, 5.74) is 2.00. The quantitative estimate of drug-likeness (QED) is 0.829. The Morgan fingerprint density at radius 1 is 0.920 bits per heavy atom. The van der Waals surface area contributed by atoms with Gasteiger partial charge in [-0.2, -0.15) is 0 Å². The van der Waals surface area contributed by atoms with Gasteiger partial charge >= 0.3 is 0 Å². The van der Waals surface area contributed by atoms with Crippen LogP contribution in [-0.4, -0.2) is 35.2 Å². The molecule has 0 aliphatic carbocycles. The van der Waals surface area contributed by atoms with Gasteiger partial charge in [0.1, 0.15) is 0 Å². The molecule has 0 aliphatic rings. The monoisotopic (exact) mass is 382 g/mol. The Hall–Kier alpha value is -1.74. The lowest BCUT2D eigenvalue weighted by Gasteiger charge is -2.16. The first-order chi connectivity index (χ1) is 11.6. The van der Waals surface area contributed by atoms with Crippen LogP contribution in [0.3, 0.4) is 0 Å². The van der Waals surface area contributed by atoms with E-state index in [0.29, 0.717) is 11.1 Å². The van der Waals surface area contributed by atoms with Crippen LogP contribution < -0.4 is 4.72 Å². The molecule has 0 bridgehead atoms. The zero-order valence-electron chi connectivity index (χ0n) is 14.6. The molecule has 0 heterocycles. The van der Waals surface area contributed by atoms with E-state index in [0.717, 1.165) is 9.87 Å². The highest BCUT2D eigenvalue weighted by Gasteiger charge is 2.22. The molecule has 136 valence electrons. The number of nitrogens with zero attached hydrogens (tertiary/aromatic N) is 1. The van der Waals surface area contributed by atoms with Gasteiger partial charge in [0.05, 0.1) is 9.79 Å². The second-order valence-electron chi connectivity index (χ2n) is 5.99. The van der Waals surface area contributed by atoms with Gasteiger partial charge in [-0.3, -0.25) is 0 Å². The Labute approximate surface area is 149 Å². The molecule has 0 atom stereocenters. The number of hydrogen-bond acceptors (Lipinski definition) is 4. The van der Waals surface area contributed by atoms with Crippen molar-refractivity contribution in [2.45, 2.75) is 30.2 Å². The van der Waals surface area contributed by atoms with Crippen molar-refractivity contribution in [1.82, 2.24) is 9.03 Å². The number of aryl methyl sites for hydroxylation is 2. The van der Waals surface area contributed by atoms with Crippen LogP contribution in [0.25, 0.3) is 0 Å². The first-order valence-electron chi connectivity index (χ1n) is 7.63. The van der Waals surface area contributed by atoms with Gasteiger partial charge in [-0.15, -0.1) is 0 Å². The Balaban J connectivity index is 2.33. The van der Waals surface area contributed by atoms with Crippen LogP contribution in [0.4, 0.5) is 0 Å². The van der Waals surface area contributed by atoms with Crippen molar-refractivity contribution < 1.29 is 16.8 Å². The molecule has 2 aromatic carbocycles. The Kier molecular flexibility index (Phi) is 5.68. The third kappa shape index (κ3) is 4.27. The van der Waals surface area contributed by atoms with Gasteiger partial charge in [-0.25, -0.2) is 25.9 Å². The highest BCUT2D eigenvalue weighted by molar-refractivity contribution is 7.89. The van der Waals surface area contributed by atoms with Crippen molar-refractivity contribution in [2.24, 2.45) is 0 Å². The first-order valence-corrected chi connectivity index (χ1v) is 10.6. The highest BCUT2D eigenvalue weighted by Crippen LogP contribution is 2.20. The summed E-state index contributed by atoms with van der Waals surface area (Å²) >= 11 is 0. The third-order valence-corrected chi connectivity index (χ3v) is 7.28. The molecule has 25 heavy (non-hydrogen) atoms. The zero-order chi connectivity index (χ0) is 18.8. The smallest absolute Gasteiger partial charge is 0.207 e. The number of hydrogen-bond donors (Lipinski definition) is 1. The van der Waals surface area contributed by atoms with E-state index in [2.05, 4.69) is 4.72 Å². The predicted octanol–water partition coefficient (Wildman–Crippen LogP) is 2.03.